The average Bonchev–Trinajstić information content (AvgIpc) is 3.23. The first-order valence-corrected chi connectivity index (χ1v) is 13.5. The quantitative estimate of drug-likeness (QED) is 0.364. The zero-order chi connectivity index (χ0) is 24.0. The van der Waals surface area contributed by atoms with Gasteiger partial charge in [-0.15, -0.1) is 0 Å². The maximum absolute atomic E-state index is 12.7. The Hall–Kier alpha value is -2.56. The fraction of sp³-hybridized carbons (Fsp3) is 0.433. The summed E-state index contributed by atoms with van der Waals surface area (Å²) in [6.07, 6.45) is 10.3. The largest absolute Gasteiger partial charge is 0.356 e. The van der Waals surface area contributed by atoms with Gasteiger partial charge in [0.05, 0.1) is 0 Å². The van der Waals surface area contributed by atoms with Crippen LogP contribution in [0.25, 0.3) is 10.9 Å². The number of aromatic nitrogens is 1. The van der Waals surface area contributed by atoms with Gasteiger partial charge >= 0.3 is 0 Å². The normalized spacial score (nSPS) is 17.5. The monoisotopic (exact) mass is 489 g/mol. The van der Waals surface area contributed by atoms with Gasteiger partial charge in [0.2, 0.25) is 5.91 Å². The van der Waals surface area contributed by atoms with Gasteiger partial charge in [-0.05, 0) is 93.3 Å². The molecule has 1 aliphatic heterocycles. The van der Waals surface area contributed by atoms with E-state index in [4.69, 9.17) is 11.6 Å². The number of amides is 1. The minimum atomic E-state index is 0.145. The standard InChI is InChI=1S/C30H36ClN3O/c31-27-12-10-24(11-13-27)21-34-28(20-26-8-4-5-9-29(26)34)22-33-18-15-25(16-19-33)30(35)32-17-14-23-6-2-1-3-7-23/h4-6,8-13,20,25H,1-3,7,14-19,21-22H2,(H,32,35). The molecule has 0 bridgehead atoms. The van der Waals surface area contributed by atoms with E-state index in [0.29, 0.717) is 0 Å². The van der Waals surface area contributed by atoms with Crippen LogP contribution < -0.4 is 5.32 Å². The number of benzene rings is 2. The number of piperidine rings is 1. The van der Waals surface area contributed by atoms with Crippen LogP contribution in [-0.2, 0) is 17.9 Å². The molecule has 0 radical (unpaired) electrons. The summed E-state index contributed by atoms with van der Waals surface area (Å²) in [5.74, 6) is 0.393. The fourth-order valence-electron chi connectivity index (χ4n) is 5.56. The lowest BCUT2D eigenvalue weighted by Gasteiger charge is -2.31. The highest BCUT2D eigenvalue weighted by Crippen LogP contribution is 2.26. The van der Waals surface area contributed by atoms with Crippen molar-refractivity contribution in [2.24, 2.45) is 5.92 Å². The van der Waals surface area contributed by atoms with Gasteiger partial charge < -0.3 is 9.88 Å². The first-order chi connectivity index (χ1) is 17.2. The van der Waals surface area contributed by atoms with Crippen molar-refractivity contribution in [3.8, 4) is 0 Å². The third-order valence-electron chi connectivity index (χ3n) is 7.62. The average molecular weight is 490 g/mol. The van der Waals surface area contributed by atoms with E-state index in [9.17, 15) is 4.79 Å². The Labute approximate surface area is 214 Å². The summed E-state index contributed by atoms with van der Waals surface area (Å²) in [6.45, 7) is 4.45. The van der Waals surface area contributed by atoms with Crippen LogP contribution in [0.15, 0.2) is 66.2 Å². The zero-order valence-corrected chi connectivity index (χ0v) is 21.3. The van der Waals surface area contributed by atoms with Gasteiger partial charge in [-0.2, -0.15) is 0 Å². The molecule has 2 heterocycles. The van der Waals surface area contributed by atoms with Gasteiger partial charge in [0.25, 0.3) is 0 Å². The molecular weight excluding hydrogens is 454 g/mol. The number of allylic oxidation sites excluding steroid dienone is 1. The molecule has 1 aromatic heterocycles. The highest BCUT2D eigenvalue weighted by Gasteiger charge is 2.25. The molecule has 1 saturated heterocycles. The Morgan fingerprint density at radius 1 is 1.00 bits per heavy atom. The third kappa shape index (κ3) is 6.17. The SMILES string of the molecule is O=C(NCCC1=CCCCC1)C1CCN(Cc2cc3ccccc3n2Cc2ccc(Cl)cc2)CC1. The molecule has 0 saturated carbocycles. The number of nitrogens with one attached hydrogen (secondary N) is 1. The Kier molecular flexibility index (Phi) is 7.90. The molecule has 1 fully saturated rings. The van der Waals surface area contributed by atoms with Crippen molar-refractivity contribution < 1.29 is 4.79 Å². The Morgan fingerprint density at radius 3 is 2.57 bits per heavy atom. The van der Waals surface area contributed by atoms with Crippen LogP contribution in [0.3, 0.4) is 0 Å². The van der Waals surface area contributed by atoms with E-state index in [1.807, 2.05) is 12.1 Å². The molecule has 35 heavy (non-hydrogen) atoms. The van der Waals surface area contributed by atoms with E-state index in [0.717, 1.165) is 57.0 Å². The predicted octanol–water partition coefficient (Wildman–Crippen LogP) is 6.56. The summed E-state index contributed by atoms with van der Waals surface area (Å²) in [5.41, 5.74) is 5.36. The number of carbonyl (C=O) groups excluding carboxylic acids is 1. The second-order valence-electron chi connectivity index (χ2n) is 10.1. The third-order valence-corrected chi connectivity index (χ3v) is 7.88. The first kappa shape index (κ1) is 24.1. The minimum absolute atomic E-state index is 0.145. The van der Waals surface area contributed by atoms with Gasteiger partial charge in [-0.3, -0.25) is 9.69 Å². The Morgan fingerprint density at radius 2 is 1.80 bits per heavy atom. The smallest absolute Gasteiger partial charge is 0.223 e. The molecule has 184 valence electrons. The molecule has 1 amide bonds. The lowest BCUT2D eigenvalue weighted by Crippen LogP contribution is -2.40. The van der Waals surface area contributed by atoms with Crippen LogP contribution in [0.5, 0.6) is 0 Å². The van der Waals surface area contributed by atoms with Crippen LogP contribution in [0, 0.1) is 5.92 Å². The number of carbonyl (C=O) groups is 1. The number of hydrogen-bond donors (Lipinski definition) is 1. The molecule has 2 aliphatic rings. The lowest BCUT2D eigenvalue weighted by molar-refractivity contribution is -0.126. The molecule has 0 spiro atoms. The number of para-hydroxylation sites is 1. The molecule has 1 aliphatic carbocycles. The summed E-state index contributed by atoms with van der Waals surface area (Å²) >= 11 is 6.10. The number of hydrogen-bond acceptors (Lipinski definition) is 2. The summed E-state index contributed by atoms with van der Waals surface area (Å²) in [4.78, 5) is 15.2. The number of rotatable bonds is 8. The van der Waals surface area contributed by atoms with Crippen molar-refractivity contribution in [1.82, 2.24) is 14.8 Å². The van der Waals surface area contributed by atoms with Gasteiger partial charge in [-0.1, -0.05) is 53.6 Å². The van der Waals surface area contributed by atoms with Crippen molar-refractivity contribution in [3.63, 3.8) is 0 Å². The van der Waals surface area contributed by atoms with Crippen LogP contribution >= 0.6 is 11.6 Å². The summed E-state index contributed by atoms with van der Waals surface area (Å²) in [7, 11) is 0. The van der Waals surface area contributed by atoms with Crippen molar-refractivity contribution in [3.05, 3.63) is 82.5 Å². The maximum atomic E-state index is 12.7. The summed E-state index contributed by atoms with van der Waals surface area (Å²) in [5, 5.41) is 5.26. The predicted molar refractivity (Wildman–Crippen MR) is 145 cm³/mol. The number of nitrogens with zero attached hydrogens (tertiary/aromatic N) is 2. The van der Waals surface area contributed by atoms with E-state index < -0.39 is 0 Å². The molecule has 5 rings (SSSR count). The van der Waals surface area contributed by atoms with Crippen LogP contribution in [-0.4, -0.2) is 35.0 Å². The van der Waals surface area contributed by atoms with Crippen molar-refractivity contribution in [2.75, 3.05) is 19.6 Å². The van der Waals surface area contributed by atoms with Crippen LogP contribution in [0.1, 0.15) is 56.2 Å². The minimum Gasteiger partial charge on any atom is -0.356 e. The second kappa shape index (κ2) is 11.5. The molecule has 5 heteroatoms. The first-order valence-electron chi connectivity index (χ1n) is 13.2. The van der Waals surface area contributed by atoms with Crippen molar-refractivity contribution >= 4 is 28.4 Å². The molecule has 3 aromatic rings. The van der Waals surface area contributed by atoms with Gasteiger partial charge in [0.15, 0.2) is 0 Å². The van der Waals surface area contributed by atoms with Gasteiger partial charge in [0.1, 0.15) is 0 Å². The number of fused-ring (bicyclic) bond motifs is 1. The maximum Gasteiger partial charge on any atom is 0.223 e. The number of likely N-dealkylation sites (tertiary alicyclic amines) is 1. The zero-order valence-electron chi connectivity index (χ0n) is 20.5. The van der Waals surface area contributed by atoms with Gasteiger partial charge in [-0.25, -0.2) is 0 Å². The Bertz CT molecular complexity index is 1170. The molecular formula is C30H36ClN3O. The molecule has 1 N–H and O–H groups in total. The fourth-order valence-corrected chi connectivity index (χ4v) is 5.69. The molecule has 0 unspecified atom stereocenters. The molecule has 4 nitrogen and oxygen atoms in total. The summed E-state index contributed by atoms with van der Waals surface area (Å²) in [6, 6.07) is 19.1. The van der Waals surface area contributed by atoms with Crippen molar-refractivity contribution in [2.45, 2.75) is 58.0 Å². The van der Waals surface area contributed by atoms with Crippen molar-refractivity contribution in [1.29, 1.82) is 0 Å². The van der Waals surface area contributed by atoms with Crippen LogP contribution in [0.2, 0.25) is 5.02 Å². The topological polar surface area (TPSA) is 37.3 Å². The van der Waals surface area contributed by atoms with E-state index in [-0.39, 0.29) is 11.8 Å². The lowest BCUT2D eigenvalue weighted by atomic mass is 9.95. The highest BCUT2D eigenvalue weighted by molar-refractivity contribution is 6.30. The number of halogens is 1. The van der Waals surface area contributed by atoms with E-state index >= 15 is 0 Å². The summed E-state index contributed by atoms with van der Waals surface area (Å²) < 4.78 is 2.43. The molecule has 2 aromatic carbocycles. The van der Waals surface area contributed by atoms with E-state index in [1.165, 1.54) is 53.4 Å². The van der Waals surface area contributed by atoms with Gasteiger partial charge in [0, 0.05) is 41.8 Å². The van der Waals surface area contributed by atoms with E-state index in [1.54, 1.807) is 0 Å². The van der Waals surface area contributed by atoms with E-state index in [2.05, 4.69) is 63.3 Å². The highest BCUT2D eigenvalue weighted by atomic mass is 35.5. The Balaban J connectivity index is 1.18. The second-order valence-corrected chi connectivity index (χ2v) is 10.5. The van der Waals surface area contributed by atoms with Crippen LogP contribution in [0.4, 0.5) is 0 Å². The molecule has 0 atom stereocenters.